The van der Waals surface area contributed by atoms with E-state index in [2.05, 4.69) is 0 Å². The Morgan fingerprint density at radius 1 is 1.38 bits per heavy atom. The molecule has 0 atom stereocenters. The summed E-state index contributed by atoms with van der Waals surface area (Å²) in [6.07, 6.45) is 0. The van der Waals surface area contributed by atoms with E-state index in [0.29, 0.717) is 5.56 Å². The van der Waals surface area contributed by atoms with Crippen molar-refractivity contribution in [1.29, 1.82) is 0 Å². The van der Waals surface area contributed by atoms with Crippen molar-refractivity contribution in [3.63, 3.8) is 0 Å². The van der Waals surface area contributed by atoms with E-state index in [1.54, 1.807) is 26.8 Å². The van der Waals surface area contributed by atoms with Gasteiger partial charge in [-0.2, -0.15) is 0 Å². The molecule has 0 aliphatic heterocycles. The first-order valence-corrected chi connectivity index (χ1v) is 4.11. The number of phenols is 1. The molecule has 0 heterocycles. The Hall–Kier alpha value is -1.09. The molecular weight excluding hydrogens is 169 g/mol. The normalized spacial score (nSPS) is 11.8. The van der Waals surface area contributed by atoms with Crippen LogP contribution in [-0.4, -0.2) is 5.11 Å². The number of aromatic hydroxyl groups is 1. The van der Waals surface area contributed by atoms with Crippen molar-refractivity contribution in [3.05, 3.63) is 29.1 Å². The predicted molar refractivity (Wildman–Crippen MR) is 50.0 cm³/mol. The first-order chi connectivity index (χ1) is 5.82. The first kappa shape index (κ1) is 9.99. The molecule has 3 N–H and O–H groups in total. The topological polar surface area (TPSA) is 46.2 Å². The van der Waals surface area contributed by atoms with Gasteiger partial charge >= 0.3 is 0 Å². The van der Waals surface area contributed by atoms with Gasteiger partial charge in [0.25, 0.3) is 0 Å². The largest absolute Gasteiger partial charge is 0.505 e. The van der Waals surface area contributed by atoms with Gasteiger partial charge < -0.3 is 10.8 Å². The maximum absolute atomic E-state index is 13.1. The van der Waals surface area contributed by atoms with Gasteiger partial charge in [0.05, 0.1) is 0 Å². The molecule has 0 saturated heterocycles. The molecule has 0 aliphatic rings. The summed E-state index contributed by atoms with van der Waals surface area (Å²) in [5.41, 5.74) is 6.23. The Bertz CT molecular complexity index is 328. The van der Waals surface area contributed by atoms with Gasteiger partial charge in [0, 0.05) is 11.1 Å². The molecule has 0 spiro atoms. The molecule has 0 radical (unpaired) electrons. The molecule has 0 saturated carbocycles. The molecule has 0 unspecified atom stereocenters. The molecule has 1 aromatic carbocycles. The summed E-state index contributed by atoms with van der Waals surface area (Å²) in [5, 5.41) is 9.40. The van der Waals surface area contributed by atoms with Crippen LogP contribution in [0.25, 0.3) is 0 Å². The third-order valence-corrected chi connectivity index (χ3v) is 1.90. The highest BCUT2D eigenvalue weighted by Gasteiger charge is 2.21. The summed E-state index contributed by atoms with van der Waals surface area (Å²) in [4.78, 5) is 0. The molecule has 13 heavy (non-hydrogen) atoms. The summed E-state index contributed by atoms with van der Waals surface area (Å²) in [6.45, 7) is 5.21. The second kappa shape index (κ2) is 3.00. The Morgan fingerprint density at radius 2 is 1.92 bits per heavy atom. The number of benzene rings is 1. The van der Waals surface area contributed by atoms with Gasteiger partial charge in [0.1, 0.15) is 0 Å². The van der Waals surface area contributed by atoms with E-state index >= 15 is 0 Å². The Kier molecular flexibility index (Phi) is 2.30. The van der Waals surface area contributed by atoms with Crippen molar-refractivity contribution in [1.82, 2.24) is 0 Å². The summed E-state index contributed by atoms with van der Waals surface area (Å²) in [6, 6.07) is 2.98. The highest BCUT2D eigenvalue weighted by atomic mass is 19.1. The average molecular weight is 183 g/mol. The Labute approximate surface area is 77.2 Å². The van der Waals surface area contributed by atoms with Crippen molar-refractivity contribution < 1.29 is 9.50 Å². The zero-order chi connectivity index (χ0) is 10.2. The van der Waals surface area contributed by atoms with Crippen LogP contribution < -0.4 is 5.73 Å². The number of aryl methyl sites for hydroxylation is 1. The van der Waals surface area contributed by atoms with Crippen LogP contribution in [0, 0.1) is 12.7 Å². The molecule has 0 aliphatic carbocycles. The van der Waals surface area contributed by atoms with Crippen molar-refractivity contribution in [2.24, 2.45) is 5.73 Å². The minimum Gasteiger partial charge on any atom is -0.505 e. The van der Waals surface area contributed by atoms with Crippen LogP contribution in [0.5, 0.6) is 5.75 Å². The number of hydrogen-bond acceptors (Lipinski definition) is 2. The zero-order valence-electron chi connectivity index (χ0n) is 8.06. The second-order valence-electron chi connectivity index (χ2n) is 3.86. The Morgan fingerprint density at radius 3 is 2.38 bits per heavy atom. The van der Waals surface area contributed by atoms with Gasteiger partial charge in [-0.15, -0.1) is 0 Å². The van der Waals surface area contributed by atoms with E-state index in [1.807, 2.05) is 0 Å². The molecule has 0 aromatic heterocycles. The fraction of sp³-hybridized carbons (Fsp3) is 0.400. The standard InChI is InChI=1S/C10H14FNO/c1-6-4-7(10(2,3)12)9(13)8(11)5-6/h4-5,13H,12H2,1-3H3. The molecule has 3 heteroatoms. The molecule has 72 valence electrons. The third-order valence-electron chi connectivity index (χ3n) is 1.90. The van der Waals surface area contributed by atoms with Crippen LogP contribution in [-0.2, 0) is 5.54 Å². The summed E-state index contributed by atoms with van der Waals surface area (Å²) in [7, 11) is 0. The van der Waals surface area contributed by atoms with E-state index in [4.69, 9.17) is 5.73 Å². The Balaban J connectivity index is 3.37. The second-order valence-corrected chi connectivity index (χ2v) is 3.86. The van der Waals surface area contributed by atoms with Crippen molar-refractivity contribution >= 4 is 0 Å². The highest BCUT2D eigenvalue weighted by Crippen LogP contribution is 2.30. The summed E-state index contributed by atoms with van der Waals surface area (Å²) >= 11 is 0. The SMILES string of the molecule is Cc1cc(F)c(O)c(C(C)(C)N)c1. The predicted octanol–water partition coefficient (Wildman–Crippen LogP) is 2.03. The minimum atomic E-state index is -0.725. The first-order valence-electron chi connectivity index (χ1n) is 4.11. The molecule has 2 nitrogen and oxygen atoms in total. The molecule has 1 aromatic rings. The van der Waals surface area contributed by atoms with Crippen LogP contribution in [0.3, 0.4) is 0 Å². The zero-order valence-corrected chi connectivity index (χ0v) is 8.06. The lowest BCUT2D eigenvalue weighted by Gasteiger charge is -2.21. The number of nitrogens with two attached hydrogens (primary N) is 1. The van der Waals surface area contributed by atoms with Gasteiger partial charge in [0.15, 0.2) is 11.6 Å². The van der Waals surface area contributed by atoms with Gasteiger partial charge in [-0.25, -0.2) is 4.39 Å². The van der Waals surface area contributed by atoms with Crippen molar-refractivity contribution in [3.8, 4) is 5.75 Å². The number of phenolic OH excluding ortho intramolecular Hbond substituents is 1. The van der Waals surface area contributed by atoms with E-state index in [-0.39, 0.29) is 5.75 Å². The minimum absolute atomic E-state index is 0.349. The number of rotatable bonds is 1. The summed E-state index contributed by atoms with van der Waals surface area (Å²) < 4.78 is 13.1. The molecular formula is C10H14FNO. The number of hydrogen-bond donors (Lipinski definition) is 2. The van der Waals surface area contributed by atoms with E-state index < -0.39 is 11.4 Å². The van der Waals surface area contributed by atoms with Crippen LogP contribution in [0.2, 0.25) is 0 Å². The van der Waals surface area contributed by atoms with Gasteiger partial charge in [-0.1, -0.05) is 6.07 Å². The van der Waals surface area contributed by atoms with E-state index in [0.717, 1.165) is 5.56 Å². The molecule has 0 bridgehead atoms. The fourth-order valence-electron chi connectivity index (χ4n) is 1.23. The maximum Gasteiger partial charge on any atom is 0.165 e. The lowest BCUT2D eigenvalue weighted by Crippen LogP contribution is -2.29. The quantitative estimate of drug-likeness (QED) is 0.699. The van der Waals surface area contributed by atoms with Gasteiger partial charge in [-0.3, -0.25) is 0 Å². The monoisotopic (exact) mass is 183 g/mol. The lowest BCUT2D eigenvalue weighted by atomic mass is 9.93. The summed E-state index contributed by atoms with van der Waals surface area (Å²) in [5.74, 6) is -0.966. The van der Waals surface area contributed by atoms with Crippen LogP contribution in [0.4, 0.5) is 4.39 Å². The van der Waals surface area contributed by atoms with Gasteiger partial charge in [-0.05, 0) is 32.4 Å². The number of halogens is 1. The van der Waals surface area contributed by atoms with Gasteiger partial charge in [0.2, 0.25) is 0 Å². The van der Waals surface area contributed by atoms with Crippen LogP contribution in [0.1, 0.15) is 25.0 Å². The maximum atomic E-state index is 13.1. The smallest absolute Gasteiger partial charge is 0.165 e. The third kappa shape index (κ3) is 1.98. The van der Waals surface area contributed by atoms with Crippen molar-refractivity contribution in [2.45, 2.75) is 26.3 Å². The lowest BCUT2D eigenvalue weighted by molar-refractivity contribution is 0.405. The molecule has 1 rings (SSSR count). The van der Waals surface area contributed by atoms with E-state index in [1.165, 1.54) is 6.07 Å². The fourth-order valence-corrected chi connectivity index (χ4v) is 1.23. The molecule has 0 amide bonds. The highest BCUT2D eigenvalue weighted by molar-refractivity contribution is 5.41. The van der Waals surface area contributed by atoms with Crippen LogP contribution >= 0.6 is 0 Å². The van der Waals surface area contributed by atoms with Crippen LogP contribution in [0.15, 0.2) is 12.1 Å². The van der Waals surface area contributed by atoms with Crippen molar-refractivity contribution in [2.75, 3.05) is 0 Å². The average Bonchev–Trinajstić information content (AvgIpc) is 1.94. The van der Waals surface area contributed by atoms with E-state index in [9.17, 15) is 9.50 Å². The molecule has 0 fully saturated rings.